The van der Waals surface area contributed by atoms with Crippen molar-refractivity contribution in [1.29, 1.82) is 0 Å². The summed E-state index contributed by atoms with van der Waals surface area (Å²) in [6, 6.07) is 0.371. The number of ether oxygens (including phenoxy) is 2. The molecule has 0 aliphatic carbocycles. The van der Waals surface area contributed by atoms with Crippen molar-refractivity contribution < 1.29 is 40.6 Å². The lowest BCUT2D eigenvalue weighted by molar-refractivity contribution is -0.274. The van der Waals surface area contributed by atoms with E-state index in [1.807, 2.05) is 0 Å². The molecule has 0 aliphatic heterocycles. The van der Waals surface area contributed by atoms with E-state index in [1.54, 1.807) is 0 Å². The average Bonchev–Trinajstić information content (AvgIpc) is 2.35. The summed E-state index contributed by atoms with van der Waals surface area (Å²) in [5.41, 5.74) is 1.51. The Labute approximate surface area is 120 Å². The van der Waals surface area contributed by atoms with Crippen LogP contribution in [0.5, 0.6) is 5.75 Å². The lowest BCUT2D eigenvalue weighted by atomic mass is 10.1. The van der Waals surface area contributed by atoms with Gasteiger partial charge < -0.3 is 15.2 Å². The van der Waals surface area contributed by atoms with Crippen LogP contribution in [0.25, 0.3) is 0 Å². The van der Waals surface area contributed by atoms with E-state index >= 15 is 0 Å². The minimum atomic E-state index is -5.23. The third-order valence-electron chi connectivity index (χ3n) is 2.25. The smallest absolute Gasteiger partial charge is 0.461 e. The fraction of sp³-hybridized carbons (Fsp3) is 0.455. The maximum Gasteiger partial charge on any atom is 0.573 e. The maximum absolute atomic E-state index is 12.8. The first-order valence-corrected chi connectivity index (χ1v) is 5.73. The number of halogens is 6. The Morgan fingerprint density at radius 2 is 1.86 bits per heavy atom. The minimum Gasteiger partial charge on any atom is -0.461 e. The van der Waals surface area contributed by atoms with E-state index < -0.39 is 47.8 Å². The highest BCUT2D eigenvalue weighted by atomic mass is 19.4. The largest absolute Gasteiger partial charge is 0.573 e. The third-order valence-corrected chi connectivity index (χ3v) is 2.25. The molecule has 2 N–H and O–H groups in total. The summed E-state index contributed by atoms with van der Waals surface area (Å²) < 4.78 is 83.2. The first kappa shape index (κ1) is 18.0. The Morgan fingerprint density at radius 3 is 2.27 bits per heavy atom. The number of pyridine rings is 1. The molecule has 5 nitrogen and oxygen atoms in total. The summed E-state index contributed by atoms with van der Waals surface area (Å²) >= 11 is 0. The highest BCUT2D eigenvalue weighted by Gasteiger charge is 2.39. The van der Waals surface area contributed by atoms with Crippen LogP contribution in [0.15, 0.2) is 6.07 Å². The standard InChI is InChI=1S/C11H10F6N2O3/c1-2-21-9(20)7-6(22-11(15,16)17)3-5(4-18)8(19-7)10(12,13)14/h3H,2,4,18H2,1H3. The predicted octanol–water partition coefficient (Wildman–Crippen LogP) is 2.63. The number of hydrogen-bond acceptors (Lipinski definition) is 5. The van der Waals surface area contributed by atoms with Crippen molar-refractivity contribution in [3.63, 3.8) is 0 Å². The van der Waals surface area contributed by atoms with Gasteiger partial charge in [-0.15, -0.1) is 13.2 Å². The monoisotopic (exact) mass is 332 g/mol. The maximum atomic E-state index is 12.8. The average molecular weight is 332 g/mol. The van der Waals surface area contributed by atoms with Crippen molar-refractivity contribution in [2.75, 3.05) is 6.61 Å². The summed E-state index contributed by atoms with van der Waals surface area (Å²) in [6.45, 7) is 0.298. The van der Waals surface area contributed by atoms with Gasteiger partial charge in [-0.05, 0) is 13.0 Å². The van der Waals surface area contributed by atoms with Gasteiger partial charge in [-0.1, -0.05) is 0 Å². The second-order valence-corrected chi connectivity index (χ2v) is 3.81. The number of hydrogen-bond donors (Lipinski definition) is 1. The summed E-state index contributed by atoms with van der Waals surface area (Å²) in [6.07, 6.45) is -10.2. The third kappa shape index (κ3) is 4.48. The number of esters is 1. The lowest BCUT2D eigenvalue weighted by Crippen LogP contribution is -2.23. The van der Waals surface area contributed by atoms with Crippen molar-refractivity contribution in [3.8, 4) is 5.75 Å². The number of nitrogens with two attached hydrogens (primary N) is 1. The van der Waals surface area contributed by atoms with Crippen LogP contribution in [0.1, 0.15) is 28.7 Å². The van der Waals surface area contributed by atoms with Gasteiger partial charge >= 0.3 is 18.5 Å². The molecule has 11 heteroatoms. The topological polar surface area (TPSA) is 74.4 Å². The Bertz CT molecular complexity index is 556. The van der Waals surface area contributed by atoms with E-state index in [0.29, 0.717) is 6.07 Å². The molecule has 0 saturated heterocycles. The molecule has 124 valence electrons. The molecule has 0 spiro atoms. The van der Waals surface area contributed by atoms with E-state index in [0.717, 1.165) is 0 Å². The Hall–Kier alpha value is -2.04. The summed E-state index contributed by atoms with van der Waals surface area (Å²) in [4.78, 5) is 14.4. The van der Waals surface area contributed by atoms with Gasteiger partial charge in [-0.3, -0.25) is 0 Å². The van der Waals surface area contributed by atoms with Crippen LogP contribution in [0.3, 0.4) is 0 Å². The Kier molecular flexibility index (Phi) is 5.22. The van der Waals surface area contributed by atoms with Crippen molar-refractivity contribution >= 4 is 5.97 Å². The number of rotatable bonds is 4. The zero-order chi connectivity index (χ0) is 17.1. The molecule has 1 heterocycles. The van der Waals surface area contributed by atoms with E-state index in [4.69, 9.17) is 5.73 Å². The molecular weight excluding hydrogens is 322 g/mol. The van der Waals surface area contributed by atoms with Gasteiger partial charge in [0, 0.05) is 12.1 Å². The zero-order valence-electron chi connectivity index (χ0n) is 11.0. The van der Waals surface area contributed by atoms with Crippen LogP contribution in [-0.2, 0) is 17.5 Å². The second kappa shape index (κ2) is 6.38. The molecule has 0 saturated carbocycles. The van der Waals surface area contributed by atoms with Gasteiger partial charge in [0.05, 0.1) is 6.61 Å². The number of aromatic nitrogens is 1. The molecule has 0 fully saturated rings. The Morgan fingerprint density at radius 1 is 1.27 bits per heavy atom. The fourth-order valence-electron chi connectivity index (χ4n) is 1.48. The molecule has 1 aromatic heterocycles. The van der Waals surface area contributed by atoms with Gasteiger partial charge in [-0.25, -0.2) is 9.78 Å². The summed E-state index contributed by atoms with van der Waals surface area (Å²) in [5.74, 6) is -2.68. The van der Waals surface area contributed by atoms with Crippen LogP contribution in [0, 0.1) is 0 Å². The molecule has 0 aliphatic rings. The Balaban J connectivity index is 3.50. The van der Waals surface area contributed by atoms with Crippen LogP contribution in [0.2, 0.25) is 0 Å². The van der Waals surface area contributed by atoms with Crippen molar-refractivity contribution in [1.82, 2.24) is 4.98 Å². The van der Waals surface area contributed by atoms with Gasteiger partial charge in [0.15, 0.2) is 11.4 Å². The van der Waals surface area contributed by atoms with Gasteiger partial charge in [0.25, 0.3) is 0 Å². The van der Waals surface area contributed by atoms with Crippen LogP contribution >= 0.6 is 0 Å². The number of alkyl halides is 6. The minimum absolute atomic E-state index is 0.272. The van der Waals surface area contributed by atoms with E-state index in [1.165, 1.54) is 6.92 Å². The highest BCUT2D eigenvalue weighted by molar-refractivity contribution is 5.90. The normalized spacial score (nSPS) is 12.2. The van der Waals surface area contributed by atoms with Gasteiger partial charge in [0.2, 0.25) is 0 Å². The SMILES string of the molecule is CCOC(=O)c1nc(C(F)(F)F)c(CN)cc1OC(F)(F)F. The van der Waals surface area contributed by atoms with Gasteiger partial charge in [-0.2, -0.15) is 13.2 Å². The molecule has 0 unspecified atom stereocenters. The van der Waals surface area contributed by atoms with Crippen LogP contribution in [-0.4, -0.2) is 23.9 Å². The highest BCUT2D eigenvalue weighted by Crippen LogP contribution is 2.35. The van der Waals surface area contributed by atoms with Crippen molar-refractivity contribution in [2.45, 2.75) is 26.0 Å². The first-order chi connectivity index (χ1) is 9.99. The van der Waals surface area contributed by atoms with Crippen LogP contribution in [0.4, 0.5) is 26.3 Å². The molecule has 0 radical (unpaired) electrons. The molecule has 0 bridgehead atoms. The lowest BCUT2D eigenvalue weighted by Gasteiger charge is -2.16. The predicted molar refractivity (Wildman–Crippen MR) is 59.8 cm³/mol. The summed E-state index contributed by atoms with van der Waals surface area (Å²) in [7, 11) is 0. The fourth-order valence-corrected chi connectivity index (χ4v) is 1.48. The van der Waals surface area contributed by atoms with E-state index in [-0.39, 0.29) is 6.61 Å². The molecular formula is C11H10F6N2O3. The zero-order valence-corrected chi connectivity index (χ0v) is 11.0. The molecule has 22 heavy (non-hydrogen) atoms. The molecule has 0 atom stereocenters. The molecule has 0 amide bonds. The summed E-state index contributed by atoms with van der Waals surface area (Å²) in [5, 5.41) is 0. The molecule has 0 aromatic carbocycles. The first-order valence-electron chi connectivity index (χ1n) is 5.73. The van der Waals surface area contributed by atoms with E-state index in [9.17, 15) is 31.1 Å². The van der Waals surface area contributed by atoms with E-state index in [2.05, 4.69) is 14.5 Å². The molecule has 1 aromatic rings. The van der Waals surface area contributed by atoms with Crippen LogP contribution < -0.4 is 10.5 Å². The number of carbonyl (C=O) groups is 1. The quantitative estimate of drug-likeness (QED) is 0.678. The number of nitrogens with zero attached hydrogens (tertiary/aromatic N) is 1. The van der Waals surface area contributed by atoms with Gasteiger partial charge in [0.1, 0.15) is 5.69 Å². The number of carbonyl (C=O) groups excluding carboxylic acids is 1. The second-order valence-electron chi connectivity index (χ2n) is 3.81. The molecule has 1 rings (SSSR count). The van der Waals surface area contributed by atoms with Crippen molar-refractivity contribution in [3.05, 3.63) is 23.0 Å². The van der Waals surface area contributed by atoms with Crippen molar-refractivity contribution in [2.24, 2.45) is 5.73 Å².